The number of aryl methyl sites for hydroxylation is 1. The molecule has 132 valence electrons. The van der Waals surface area contributed by atoms with Gasteiger partial charge in [0.15, 0.2) is 0 Å². The molecule has 0 saturated carbocycles. The normalized spacial score (nSPS) is 28.1. The average molecular weight is 331 g/mol. The minimum absolute atomic E-state index is 0.0238. The third-order valence-corrected chi connectivity index (χ3v) is 4.91. The van der Waals surface area contributed by atoms with Gasteiger partial charge in [-0.2, -0.15) is 0 Å². The van der Waals surface area contributed by atoms with E-state index in [1.165, 1.54) is 5.56 Å². The molecule has 5 heteroatoms. The lowest BCUT2D eigenvalue weighted by Gasteiger charge is -2.38. The van der Waals surface area contributed by atoms with Crippen LogP contribution in [-0.4, -0.2) is 60.3 Å². The van der Waals surface area contributed by atoms with Crippen LogP contribution in [0.5, 0.6) is 0 Å². The Morgan fingerprint density at radius 3 is 2.54 bits per heavy atom. The minimum Gasteiger partial charge on any atom is -0.373 e. The van der Waals surface area contributed by atoms with Crippen molar-refractivity contribution >= 4 is 11.7 Å². The number of carbonyl (C=O) groups is 1. The standard InChI is InChI=1S/C19H29N3O2/c1-14-6-8-17(9-7-14)20-19(23)22-10-4-5-18(22)13-21-11-15(2)24-16(3)12-21/h6-9,15-16,18H,4-5,10-13H2,1-3H3,(H,20,23)/t15-,16+,18-/m1/s1. The largest absolute Gasteiger partial charge is 0.373 e. The zero-order valence-corrected chi connectivity index (χ0v) is 15.0. The number of anilines is 1. The molecule has 1 aromatic carbocycles. The molecule has 24 heavy (non-hydrogen) atoms. The highest BCUT2D eigenvalue weighted by Crippen LogP contribution is 2.22. The lowest BCUT2D eigenvalue weighted by molar-refractivity contribution is -0.0712. The lowest BCUT2D eigenvalue weighted by atomic mass is 10.1. The average Bonchev–Trinajstić information content (AvgIpc) is 2.96. The molecule has 2 heterocycles. The molecule has 0 bridgehead atoms. The quantitative estimate of drug-likeness (QED) is 0.926. The number of likely N-dealkylation sites (tertiary alicyclic amines) is 1. The summed E-state index contributed by atoms with van der Waals surface area (Å²) >= 11 is 0. The van der Waals surface area contributed by atoms with Crippen molar-refractivity contribution in [3.8, 4) is 0 Å². The number of amides is 2. The predicted octanol–water partition coefficient (Wildman–Crippen LogP) is 3.10. The van der Waals surface area contributed by atoms with Crippen LogP contribution >= 0.6 is 0 Å². The fourth-order valence-electron chi connectivity index (χ4n) is 3.86. The Kier molecular flexibility index (Phi) is 5.41. The van der Waals surface area contributed by atoms with Gasteiger partial charge in [-0.1, -0.05) is 17.7 Å². The maximum Gasteiger partial charge on any atom is 0.322 e. The van der Waals surface area contributed by atoms with Crippen LogP contribution in [0.4, 0.5) is 10.5 Å². The molecule has 0 radical (unpaired) electrons. The molecule has 0 aromatic heterocycles. The van der Waals surface area contributed by atoms with Crippen molar-refractivity contribution < 1.29 is 9.53 Å². The summed E-state index contributed by atoms with van der Waals surface area (Å²) < 4.78 is 5.81. The fraction of sp³-hybridized carbons (Fsp3) is 0.632. The highest BCUT2D eigenvalue weighted by molar-refractivity contribution is 5.89. The molecule has 1 N–H and O–H groups in total. The number of morpholine rings is 1. The summed E-state index contributed by atoms with van der Waals surface area (Å²) in [5.41, 5.74) is 2.06. The fourth-order valence-corrected chi connectivity index (χ4v) is 3.86. The number of urea groups is 1. The van der Waals surface area contributed by atoms with Gasteiger partial charge in [-0.3, -0.25) is 4.90 Å². The van der Waals surface area contributed by atoms with Crippen molar-refractivity contribution in [3.63, 3.8) is 0 Å². The number of rotatable bonds is 3. The van der Waals surface area contributed by atoms with Gasteiger partial charge in [0.25, 0.3) is 0 Å². The van der Waals surface area contributed by atoms with Crippen LogP contribution in [0.1, 0.15) is 32.3 Å². The van der Waals surface area contributed by atoms with E-state index >= 15 is 0 Å². The van der Waals surface area contributed by atoms with Gasteiger partial charge in [0.05, 0.1) is 12.2 Å². The van der Waals surface area contributed by atoms with Crippen LogP contribution in [0.2, 0.25) is 0 Å². The maximum absolute atomic E-state index is 12.7. The topological polar surface area (TPSA) is 44.8 Å². The lowest BCUT2D eigenvalue weighted by Crippen LogP contribution is -2.51. The summed E-state index contributed by atoms with van der Waals surface area (Å²) in [6.45, 7) is 9.99. The van der Waals surface area contributed by atoms with Crippen molar-refractivity contribution in [1.29, 1.82) is 0 Å². The number of ether oxygens (including phenoxy) is 1. The van der Waals surface area contributed by atoms with Crippen molar-refractivity contribution in [2.75, 3.05) is 31.5 Å². The number of carbonyl (C=O) groups excluding carboxylic acids is 1. The first kappa shape index (κ1) is 17.2. The highest BCUT2D eigenvalue weighted by Gasteiger charge is 2.32. The van der Waals surface area contributed by atoms with Gasteiger partial charge in [0.1, 0.15) is 0 Å². The van der Waals surface area contributed by atoms with Gasteiger partial charge in [0, 0.05) is 37.9 Å². The van der Waals surface area contributed by atoms with E-state index in [-0.39, 0.29) is 18.2 Å². The first-order chi connectivity index (χ1) is 11.5. The third kappa shape index (κ3) is 4.28. The molecule has 0 spiro atoms. The van der Waals surface area contributed by atoms with Crippen molar-refractivity contribution in [1.82, 2.24) is 9.80 Å². The van der Waals surface area contributed by atoms with E-state index in [9.17, 15) is 4.79 Å². The van der Waals surface area contributed by atoms with E-state index < -0.39 is 0 Å². The van der Waals surface area contributed by atoms with Crippen LogP contribution in [0.3, 0.4) is 0 Å². The molecule has 2 saturated heterocycles. The molecular weight excluding hydrogens is 302 g/mol. The van der Waals surface area contributed by atoms with Gasteiger partial charge in [-0.15, -0.1) is 0 Å². The highest BCUT2D eigenvalue weighted by atomic mass is 16.5. The SMILES string of the molecule is Cc1ccc(NC(=O)N2CCC[C@@H]2CN2C[C@@H](C)O[C@@H](C)C2)cc1. The predicted molar refractivity (Wildman–Crippen MR) is 96.4 cm³/mol. The van der Waals surface area contributed by atoms with E-state index in [2.05, 4.69) is 24.1 Å². The Labute approximate surface area is 145 Å². The number of benzene rings is 1. The van der Waals surface area contributed by atoms with Gasteiger partial charge in [-0.25, -0.2) is 4.79 Å². The van der Waals surface area contributed by atoms with Crippen molar-refractivity contribution in [2.45, 2.75) is 51.9 Å². The van der Waals surface area contributed by atoms with Gasteiger partial charge >= 0.3 is 6.03 Å². The molecule has 2 fully saturated rings. The van der Waals surface area contributed by atoms with Crippen molar-refractivity contribution in [3.05, 3.63) is 29.8 Å². The van der Waals surface area contributed by atoms with Gasteiger partial charge < -0.3 is 15.0 Å². The third-order valence-electron chi connectivity index (χ3n) is 4.91. The smallest absolute Gasteiger partial charge is 0.322 e. The van der Waals surface area contributed by atoms with Crippen LogP contribution in [0.15, 0.2) is 24.3 Å². The Morgan fingerprint density at radius 1 is 1.21 bits per heavy atom. The second-order valence-corrected chi connectivity index (χ2v) is 7.26. The monoisotopic (exact) mass is 331 g/mol. The summed E-state index contributed by atoms with van der Waals surface area (Å²) in [7, 11) is 0. The molecule has 0 unspecified atom stereocenters. The van der Waals surface area contributed by atoms with Crippen LogP contribution in [0, 0.1) is 6.92 Å². The summed E-state index contributed by atoms with van der Waals surface area (Å²) in [6.07, 6.45) is 2.71. The maximum atomic E-state index is 12.7. The molecule has 0 aliphatic carbocycles. The number of hydrogen-bond donors (Lipinski definition) is 1. The first-order valence-electron chi connectivity index (χ1n) is 9.03. The summed E-state index contributed by atoms with van der Waals surface area (Å²) in [5, 5.41) is 3.04. The van der Waals surface area contributed by atoms with Crippen LogP contribution in [-0.2, 0) is 4.74 Å². The Morgan fingerprint density at radius 2 is 1.88 bits per heavy atom. The zero-order valence-electron chi connectivity index (χ0n) is 15.0. The summed E-state index contributed by atoms with van der Waals surface area (Å²) in [6, 6.07) is 8.29. The number of hydrogen-bond acceptors (Lipinski definition) is 3. The minimum atomic E-state index is 0.0238. The Hall–Kier alpha value is -1.59. The van der Waals surface area contributed by atoms with Gasteiger partial charge in [0.2, 0.25) is 0 Å². The second kappa shape index (κ2) is 7.53. The Balaban J connectivity index is 1.58. The summed E-state index contributed by atoms with van der Waals surface area (Å²) in [4.78, 5) is 17.1. The zero-order chi connectivity index (χ0) is 17.1. The summed E-state index contributed by atoms with van der Waals surface area (Å²) in [5.74, 6) is 0. The molecule has 2 amide bonds. The van der Waals surface area contributed by atoms with E-state index in [4.69, 9.17) is 4.74 Å². The molecule has 1 aromatic rings. The van der Waals surface area contributed by atoms with E-state index in [1.54, 1.807) is 0 Å². The molecule has 5 nitrogen and oxygen atoms in total. The Bertz CT molecular complexity index is 550. The van der Waals surface area contributed by atoms with Crippen LogP contribution in [0.25, 0.3) is 0 Å². The molecule has 3 rings (SSSR count). The second-order valence-electron chi connectivity index (χ2n) is 7.26. The van der Waals surface area contributed by atoms with E-state index in [0.29, 0.717) is 6.04 Å². The van der Waals surface area contributed by atoms with E-state index in [1.807, 2.05) is 36.1 Å². The van der Waals surface area contributed by atoms with E-state index in [0.717, 1.165) is 44.7 Å². The molecule has 2 aliphatic heterocycles. The van der Waals surface area contributed by atoms with Gasteiger partial charge in [-0.05, 0) is 45.7 Å². The molecule has 2 aliphatic rings. The first-order valence-corrected chi connectivity index (χ1v) is 9.03. The molecular formula is C19H29N3O2. The molecule has 3 atom stereocenters. The van der Waals surface area contributed by atoms with Crippen LogP contribution < -0.4 is 5.32 Å². The number of nitrogens with one attached hydrogen (secondary N) is 1. The van der Waals surface area contributed by atoms with Crippen molar-refractivity contribution in [2.24, 2.45) is 0 Å². The number of nitrogens with zero attached hydrogens (tertiary/aromatic N) is 2.